The molecule has 0 bridgehead atoms. The number of piperidine rings is 1. The molecular weight excluding hydrogens is 334 g/mol. The van der Waals surface area contributed by atoms with Crippen molar-refractivity contribution in [1.82, 2.24) is 20.9 Å². The number of urea groups is 1. The lowest BCUT2D eigenvalue weighted by Crippen LogP contribution is -2.56. The minimum absolute atomic E-state index is 0.00275. The largest absolute Gasteiger partial charge is 0.356 e. The highest BCUT2D eigenvalue weighted by Crippen LogP contribution is 2.31. The second-order valence-corrected chi connectivity index (χ2v) is 7.06. The van der Waals surface area contributed by atoms with Crippen molar-refractivity contribution >= 4 is 23.7 Å². The van der Waals surface area contributed by atoms with Gasteiger partial charge < -0.3 is 15.5 Å². The maximum atomic E-state index is 12.2. The van der Waals surface area contributed by atoms with Crippen molar-refractivity contribution < 1.29 is 14.4 Å². The monoisotopic (exact) mass is 359 g/mol. The zero-order chi connectivity index (χ0) is 18.7. The molecule has 2 fully saturated rings. The molecule has 26 heavy (non-hydrogen) atoms. The molecule has 0 spiro atoms. The Balaban J connectivity index is 1.69. The number of imide groups is 1. The van der Waals surface area contributed by atoms with Crippen LogP contribution in [0.3, 0.4) is 0 Å². The summed E-state index contributed by atoms with van der Waals surface area (Å²) in [6.07, 6.45) is 4.23. The van der Waals surface area contributed by atoms with Crippen LogP contribution in [0.1, 0.15) is 43.5 Å². The SMILES string of the molecule is CCCNC(=O)c1ccc(N2CCCC(C3(C)NC(=O)NC3=O)C2)nc1. The van der Waals surface area contributed by atoms with Crippen LogP contribution in [-0.2, 0) is 4.79 Å². The summed E-state index contributed by atoms with van der Waals surface area (Å²) in [7, 11) is 0. The molecule has 2 saturated heterocycles. The standard InChI is InChI=1S/C18H25N5O3/c1-3-8-19-15(24)12-6-7-14(20-10-12)23-9-4-5-13(11-23)18(2)16(25)21-17(26)22-18/h6-7,10,13H,3-5,8-9,11H2,1-2H3,(H,19,24)(H2,21,22,25,26). The van der Waals surface area contributed by atoms with Crippen molar-refractivity contribution in [3.63, 3.8) is 0 Å². The molecule has 2 aliphatic rings. The summed E-state index contributed by atoms with van der Waals surface area (Å²) in [4.78, 5) is 42.2. The molecule has 2 aliphatic heterocycles. The van der Waals surface area contributed by atoms with Gasteiger partial charge in [0.25, 0.3) is 11.8 Å². The lowest BCUT2D eigenvalue weighted by Gasteiger charge is -2.40. The van der Waals surface area contributed by atoms with Gasteiger partial charge in [0, 0.05) is 31.7 Å². The van der Waals surface area contributed by atoms with Crippen molar-refractivity contribution in [2.45, 2.75) is 38.6 Å². The first-order chi connectivity index (χ1) is 12.4. The topological polar surface area (TPSA) is 103 Å². The van der Waals surface area contributed by atoms with Crippen LogP contribution in [0, 0.1) is 5.92 Å². The molecule has 1 aromatic rings. The van der Waals surface area contributed by atoms with Crippen LogP contribution in [0.4, 0.5) is 10.6 Å². The number of hydrogen-bond acceptors (Lipinski definition) is 5. The Bertz CT molecular complexity index is 705. The van der Waals surface area contributed by atoms with Crippen molar-refractivity contribution in [1.29, 1.82) is 0 Å². The van der Waals surface area contributed by atoms with E-state index in [-0.39, 0.29) is 17.7 Å². The van der Waals surface area contributed by atoms with E-state index in [9.17, 15) is 14.4 Å². The van der Waals surface area contributed by atoms with Gasteiger partial charge in [-0.3, -0.25) is 14.9 Å². The van der Waals surface area contributed by atoms with Gasteiger partial charge in [0.2, 0.25) is 0 Å². The highest BCUT2D eigenvalue weighted by atomic mass is 16.2. The molecule has 8 heteroatoms. The number of aromatic nitrogens is 1. The summed E-state index contributed by atoms with van der Waals surface area (Å²) in [6.45, 7) is 5.87. The Hall–Kier alpha value is -2.64. The number of hydrogen-bond donors (Lipinski definition) is 3. The number of carbonyl (C=O) groups excluding carboxylic acids is 3. The molecule has 1 aromatic heterocycles. The van der Waals surface area contributed by atoms with E-state index in [2.05, 4.69) is 25.8 Å². The van der Waals surface area contributed by atoms with E-state index in [1.807, 2.05) is 13.0 Å². The van der Waals surface area contributed by atoms with Gasteiger partial charge in [0.1, 0.15) is 11.4 Å². The van der Waals surface area contributed by atoms with Gasteiger partial charge in [-0.25, -0.2) is 9.78 Å². The summed E-state index contributed by atoms with van der Waals surface area (Å²) in [5.74, 6) is 0.373. The van der Waals surface area contributed by atoms with Crippen LogP contribution in [0.5, 0.6) is 0 Å². The normalized spacial score (nSPS) is 25.6. The molecule has 8 nitrogen and oxygen atoms in total. The Morgan fingerprint density at radius 1 is 1.42 bits per heavy atom. The Morgan fingerprint density at radius 3 is 2.85 bits per heavy atom. The zero-order valence-electron chi connectivity index (χ0n) is 15.2. The van der Waals surface area contributed by atoms with Gasteiger partial charge in [-0.05, 0) is 38.3 Å². The Morgan fingerprint density at radius 2 is 2.23 bits per heavy atom. The number of rotatable bonds is 5. The molecule has 3 rings (SSSR count). The number of carbonyl (C=O) groups is 3. The smallest absolute Gasteiger partial charge is 0.322 e. The van der Waals surface area contributed by atoms with Gasteiger partial charge in [0.05, 0.1) is 5.56 Å². The summed E-state index contributed by atoms with van der Waals surface area (Å²) in [5.41, 5.74) is -0.361. The molecule has 0 radical (unpaired) electrons. The molecule has 0 aliphatic carbocycles. The van der Waals surface area contributed by atoms with Crippen LogP contribution >= 0.6 is 0 Å². The number of anilines is 1. The Labute approximate surface area is 152 Å². The van der Waals surface area contributed by atoms with E-state index in [1.54, 1.807) is 19.2 Å². The van der Waals surface area contributed by atoms with Gasteiger partial charge in [-0.15, -0.1) is 0 Å². The van der Waals surface area contributed by atoms with E-state index in [4.69, 9.17) is 0 Å². The maximum Gasteiger partial charge on any atom is 0.322 e. The van der Waals surface area contributed by atoms with E-state index >= 15 is 0 Å². The quantitative estimate of drug-likeness (QED) is 0.682. The van der Waals surface area contributed by atoms with Crippen molar-refractivity contribution in [2.75, 3.05) is 24.5 Å². The van der Waals surface area contributed by atoms with Crippen LogP contribution < -0.4 is 20.9 Å². The average molecular weight is 359 g/mol. The van der Waals surface area contributed by atoms with Crippen molar-refractivity contribution in [3.8, 4) is 0 Å². The van der Waals surface area contributed by atoms with E-state index < -0.39 is 11.6 Å². The number of nitrogens with one attached hydrogen (secondary N) is 3. The summed E-state index contributed by atoms with van der Waals surface area (Å²) >= 11 is 0. The number of pyridine rings is 1. The minimum atomic E-state index is -0.893. The van der Waals surface area contributed by atoms with Crippen LogP contribution in [0.2, 0.25) is 0 Å². The summed E-state index contributed by atoms with van der Waals surface area (Å²) in [5, 5.41) is 7.92. The first kappa shape index (κ1) is 18.2. The lowest BCUT2D eigenvalue weighted by molar-refractivity contribution is -0.125. The minimum Gasteiger partial charge on any atom is -0.356 e. The molecule has 2 unspecified atom stereocenters. The molecule has 0 aromatic carbocycles. The fourth-order valence-electron chi connectivity index (χ4n) is 3.55. The molecule has 0 saturated carbocycles. The Kier molecular flexibility index (Phi) is 5.11. The van der Waals surface area contributed by atoms with Crippen molar-refractivity contribution in [3.05, 3.63) is 23.9 Å². The number of nitrogens with zero attached hydrogens (tertiary/aromatic N) is 2. The summed E-state index contributed by atoms with van der Waals surface area (Å²) < 4.78 is 0. The van der Waals surface area contributed by atoms with E-state index in [0.29, 0.717) is 18.7 Å². The third-order valence-corrected chi connectivity index (χ3v) is 5.18. The first-order valence-corrected chi connectivity index (χ1v) is 9.07. The van der Waals surface area contributed by atoms with Gasteiger partial charge >= 0.3 is 6.03 Å². The number of amides is 4. The predicted molar refractivity (Wildman–Crippen MR) is 96.9 cm³/mol. The molecule has 3 heterocycles. The lowest BCUT2D eigenvalue weighted by atomic mass is 9.80. The molecule has 2 atom stereocenters. The van der Waals surface area contributed by atoms with Crippen molar-refractivity contribution in [2.24, 2.45) is 5.92 Å². The van der Waals surface area contributed by atoms with E-state index in [0.717, 1.165) is 31.6 Å². The van der Waals surface area contributed by atoms with E-state index in [1.165, 1.54) is 0 Å². The van der Waals surface area contributed by atoms with Crippen LogP contribution in [0.15, 0.2) is 18.3 Å². The average Bonchev–Trinajstić information content (AvgIpc) is 2.92. The third kappa shape index (κ3) is 3.49. The predicted octanol–water partition coefficient (Wildman–Crippen LogP) is 1.04. The fraction of sp³-hybridized carbons (Fsp3) is 0.556. The maximum absolute atomic E-state index is 12.2. The van der Waals surface area contributed by atoms with Gasteiger partial charge in [0.15, 0.2) is 0 Å². The first-order valence-electron chi connectivity index (χ1n) is 9.07. The van der Waals surface area contributed by atoms with Crippen LogP contribution in [-0.4, -0.2) is 48.0 Å². The highest BCUT2D eigenvalue weighted by Gasteiger charge is 2.49. The van der Waals surface area contributed by atoms with Gasteiger partial charge in [-0.1, -0.05) is 6.92 Å². The van der Waals surface area contributed by atoms with Crippen LogP contribution in [0.25, 0.3) is 0 Å². The molecular formula is C18H25N5O3. The zero-order valence-corrected chi connectivity index (χ0v) is 15.2. The third-order valence-electron chi connectivity index (χ3n) is 5.18. The second kappa shape index (κ2) is 7.31. The summed E-state index contributed by atoms with van der Waals surface area (Å²) in [6, 6.07) is 3.16. The fourth-order valence-corrected chi connectivity index (χ4v) is 3.55. The second-order valence-electron chi connectivity index (χ2n) is 7.06. The molecule has 4 amide bonds. The molecule has 3 N–H and O–H groups in total. The highest BCUT2D eigenvalue weighted by molar-refractivity contribution is 6.07. The van der Waals surface area contributed by atoms with Gasteiger partial charge in [-0.2, -0.15) is 0 Å². The molecule has 140 valence electrons.